The van der Waals surface area contributed by atoms with Gasteiger partial charge in [-0.15, -0.1) is 0 Å². The van der Waals surface area contributed by atoms with Crippen molar-refractivity contribution in [2.75, 3.05) is 26.2 Å². The van der Waals surface area contributed by atoms with Crippen molar-refractivity contribution in [2.45, 2.75) is 32.4 Å². The van der Waals surface area contributed by atoms with Crippen LogP contribution in [0.3, 0.4) is 0 Å². The van der Waals surface area contributed by atoms with Crippen molar-refractivity contribution in [3.05, 3.63) is 34.9 Å². The number of carbonyl (C=O) groups is 1. The summed E-state index contributed by atoms with van der Waals surface area (Å²) in [6.45, 7) is 7.66. The van der Waals surface area contributed by atoms with Crippen LogP contribution in [-0.2, 0) is 9.53 Å². The van der Waals surface area contributed by atoms with Gasteiger partial charge in [0.2, 0.25) is 5.91 Å². The molecule has 1 fully saturated rings. The summed E-state index contributed by atoms with van der Waals surface area (Å²) >= 11 is 6.24. The van der Waals surface area contributed by atoms with Gasteiger partial charge in [0.1, 0.15) is 5.54 Å². The van der Waals surface area contributed by atoms with Crippen LogP contribution in [0.25, 0.3) is 0 Å². The number of morpholine rings is 1. The molecule has 24 heavy (non-hydrogen) atoms. The molecule has 130 valence electrons. The Morgan fingerprint density at radius 1 is 1.54 bits per heavy atom. The number of benzene rings is 1. The van der Waals surface area contributed by atoms with Crippen LogP contribution < -0.4 is 5.32 Å². The Morgan fingerprint density at radius 3 is 2.88 bits per heavy atom. The minimum absolute atomic E-state index is 0.0343. The summed E-state index contributed by atoms with van der Waals surface area (Å²) in [5.41, 5.74) is 0.0826. The van der Waals surface area contributed by atoms with E-state index in [1.54, 1.807) is 6.92 Å². The molecule has 1 aliphatic rings. The molecule has 2 atom stereocenters. The van der Waals surface area contributed by atoms with Crippen LogP contribution in [0.4, 0.5) is 0 Å². The zero-order valence-electron chi connectivity index (χ0n) is 14.4. The Labute approximate surface area is 148 Å². The summed E-state index contributed by atoms with van der Waals surface area (Å²) in [5.74, 6) is -0.112. The third-order valence-corrected chi connectivity index (χ3v) is 4.90. The molecule has 1 N–H and O–H groups in total. The number of nitriles is 1. The topological polar surface area (TPSA) is 65.4 Å². The molecule has 0 radical (unpaired) electrons. The lowest BCUT2D eigenvalue weighted by molar-refractivity contribution is -0.126. The fourth-order valence-corrected chi connectivity index (χ4v) is 2.86. The highest BCUT2D eigenvalue weighted by molar-refractivity contribution is 6.31. The molecule has 0 spiro atoms. The maximum atomic E-state index is 12.3. The monoisotopic (exact) mass is 349 g/mol. The second kappa shape index (κ2) is 7.98. The van der Waals surface area contributed by atoms with E-state index < -0.39 is 5.54 Å². The molecular weight excluding hydrogens is 326 g/mol. The highest BCUT2D eigenvalue weighted by Crippen LogP contribution is 2.28. The van der Waals surface area contributed by atoms with Crippen LogP contribution in [0.1, 0.15) is 32.4 Å². The smallest absolute Gasteiger partial charge is 0.235 e. The van der Waals surface area contributed by atoms with Gasteiger partial charge in [0, 0.05) is 23.7 Å². The summed E-state index contributed by atoms with van der Waals surface area (Å²) in [7, 11) is 0. The Morgan fingerprint density at radius 2 is 2.25 bits per heavy atom. The number of nitrogens with zero attached hydrogens (tertiary/aromatic N) is 2. The van der Waals surface area contributed by atoms with Gasteiger partial charge in [-0.05, 0) is 18.9 Å². The third-order valence-electron chi connectivity index (χ3n) is 4.56. The molecule has 1 amide bonds. The quantitative estimate of drug-likeness (QED) is 0.887. The fraction of sp³-hybridized carbons (Fsp3) is 0.556. The highest BCUT2D eigenvalue weighted by Gasteiger charge is 2.31. The summed E-state index contributed by atoms with van der Waals surface area (Å²) in [6.07, 6.45) is -0.146. The maximum absolute atomic E-state index is 12.3. The molecule has 1 aromatic carbocycles. The fourth-order valence-electron chi connectivity index (χ4n) is 2.60. The van der Waals surface area contributed by atoms with Crippen LogP contribution in [0.15, 0.2) is 24.3 Å². The minimum Gasteiger partial charge on any atom is -0.371 e. The van der Waals surface area contributed by atoms with Gasteiger partial charge < -0.3 is 10.1 Å². The van der Waals surface area contributed by atoms with Gasteiger partial charge in [0.05, 0.1) is 25.3 Å². The Balaban J connectivity index is 1.97. The predicted molar refractivity (Wildman–Crippen MR) is 93.6 cm³/mol. The van der Waals surface area contributed by atoms with Gasteiger partial charge in [-0.3, -0.25) is 9.69 Å². The van der Waals surface area contributed by atoms with Crippen LogP contribution in [0.5, 0.6) is 0 Å². The first-order valence-corrected chi connectivity index (χ1v) is 8.54. The first kappa shape index (κ1) is 18.7. The van der Waals surface area contributed by atoms with Gasteiger partial charge in [-0.25, -0.2) is 0 Å². The first-order valence-electron chi connectivity index (χ1n) is 8.16. The molecular formula is C18H24ClN3O2. The second-order valence-corrected chi connectivity index (χ2v) is 7.04. The van der Waals surface area contributed by atoms with Gasteiger partial charge in [-0.1, -0.05) is 43.6 Å². The number of amides is 1. The van der Waals surface area contributed by atoms with Crippen molar-refractivity contribution < 1.29 is 9.53 Å². The molecule has 1 saturated heterocycles. The zero-order valence-corrected chi connectivity index (χ0v) is 15.1. The van der Waals surface area contributed by atoms with Crippen molar-refractivity contribution >= 4 is 17.5 Å². The van der Waals surface area contributed by atoms with Crippen LogP contribution in [0, 0.1) is 17.2 Å². The average Bonchev–Trinajstić information content (AvgIpc) is 2.55. The van der Waals surface area contributed by atoms with Gasteiger partial charge in [0.25, 0.3) is 0 Å². The number of rotatable bonds is 5. The summed E-state index contributed by atoms with van der Waals surface area (Å²) in [6, 6.07) is 9.79. The minimum atomic E-state index is -0.856. The molecule has 2 unspecified atom stereocenters. The Kier molecular flexibility index (Phi) is 6.22. The lowest BCUT2D eigenvalue weighted by Crippen LogP contribution is -2.53. The van der Waals surface area contributed by atoms with Gasteiger partial charge >= 0.3 is 0 Å². The molecule has 0 aromatic heterocycles. The molecule has 0 bridgehead atoms. The highest BCUT2D eigenvalue weighted by atomic mass is 35.5. The van der Waals surface area contributed by atoms with Crippen LogP contribution >= 0.6 is 11.6 Å². The lowest BCUT2D eigenvalue weighted by atomic mass is 9.90. The van der Waals surface area contributed by atoms with Crippen molar-refractivity contribution in [1.82, 2.24) is 10.2 Å². The van der Waals surface area contributed by atoms with Gasteiger partial charge in [0.15, 0.2) is 0 Å². The SMILES string of the molecule is CC(C)C(C)(C#N)NC(=O)CN1CCOC(c2ccccc2Cl)C1. The number of halogens is 1. The van der Waals surface area contributed by atoms with E-state index in [1.165, 1.54) is 0 Å². The molecule has 2 rings (SSSR count). The number of nitrogens with one attached hydrogen (secondary N) is 1. The zero-order chi connectivity index (χ0) is 17.7. The lowest BCUT2D eigenvalue weighted by Gasteiger charge is -2.34. The van der Waals surface area contributed by atoms with E-state index in [0.717, 1.165) is 5.56 Å². The van der Waals surface area contributed by atoms with Crippen molar-refractivity contribution in [1.29, 1.82) is 5.26 Å². The summed E-state index contributed by atoms with van der Waals surface area (Å²) in [5, 5.41) is 12.8. The van der Waals surface area contributed by atoms with Crippen molar-refractivity contribution in [3.63, 3.8) is 0 Å². The van der Waals surface area contributed by atoms with E-state index in [4.69, 9.17) is 16.3 Å². The van der Waals surface area contributed by atoms with Crippen LogP contribution in [0.2, 0.25) is 5.02 Å². The summed E-state index contributed by atoms with van der Waals surface area (Å²) < 4.78 is 5.81. The normalized spacial score (nSPS) is 21.1. The van der Waals surface area contributed by atoms with E-state index in [2.05, 4.69) is 11.4 Å². The molecule has 1 heterocycles. The maximum Gasteiger partial charge on any atom is 0.235 e. The molecule has 0 saturated carbocycles. The van der Waals surface area contributed by atoms with E-state index in [-0.39, 0.29) is 24.5 Å². The Bertz CT molecular complexity index is 629. The van der Waals surface area contributed by atoms with E-state index in [1.807, 2.05) is 43.0 Å². The molecule has 5 nitrogen and oxygen atoms in total. The summed E-state index contributed by atoms with van der Waals surface area (Å²) in [4.78, 5) is 14.4. The number of ether oxygens (including phenoxy) is 1. The molecule has 6 heteroatoms. The average molecular weight is 350 g/mol. The number of hydrogen-bond acceptors (Lipinski definition) is 4. The van der Waals surface area contributed by atoms with Gasteiger partial charge in [-0.2, -0.15) is 5.26 Å². The standard InChI is InChI=1S/C18H24ClN3O2/c1-13(2)18(3,12-20)21-17(23)11-22-8-9-24-16(10-22)14-6-4-5-7-15(14)19/h4-7,13,16H,8-11H2,1-3H3,(H,21,23). The van der Waals surface area contributed by atoms with Crippen LogP contribution in [-0.4, -0.2) is 42.6 Å². The molecule has 0 aliphatic carbocycles. The first-order chi connectivity index (χ1) is 11.4. The Hall–Kier alpha value is -1.61. The second-order valence-electron chi connectivity index (χ2n) is 6.63. The third kappa shape index (κ3) is 4.47. The van der Waals surface area contributed by atoms with Crippen molar-refractivity contribution in [2.24, 2.45) is 5.92 Å². The van der Waals surface area contributed by atoms with Crippen molar-refractivity contribution in [3.8, 4) is 6.07 Å². The molecule has 1 aliphatic heterocycles. The molecule has 1 aromatic rings. The van der Waals surface area contributed by atoms with E-state index in [0.29, 0.717) is 24.7 Å². The largest absolute Gasteiger partial charge is 0.371 e. The number of carbonyl (C=O) groups excluding carboxylic acids is 1. The van der Waals surface area contributed by atoms with E-state index >= 15 is 0 Å². The van der Waals surface area contributed by atoms with E-state index in [9.17, 15) is 10.1 Å². The predicted octanol–water partition coefficient (Wildman–Crippen LogP) is 2.77. The number of hydrogen-bond donors (Lipinski definition) is 1.